The molecule has 1 aliphatic rings. The molecule has 106 valence electrons. The van der Waals surface area contributed by atoms with Gasteiger partial charge in [0.1, 0.15) is 11.6 Å². The molecule has 3 N–H and O–H groups in total. The Morgan fingerprint density at radius 1 is 1.32 bits per heavy atom. The summed E-state index contributed by atoms with van der Waals surface area (Å²) in [7, 11) is 0. The highest BCUT2D eigenvalue weighted by molar-refractivity contribution is 5.29. The molecule has 0 bridgehead atoms. The van der Waals surface area contributed by atoms with Gasteiger partial charge in [-0.1, -0.05) is 25.3 Å². The van der Waals surface area contributed by atoms with E-state index in [1.165, 1.54) is 12.5 Å². The molecule has 1 aromatic carbocycles. The Morgan fingerprint density at radius 3 is 2.63 bits per heavy atom. The number of aliphatic hydroxyl groups is 1. The van der Waals surface area contributed by atoms with E-state index in [1.807, 2.05) is 6.92 Å². The maximum atomic E-state index is 13.7. The van der Waals surface area contributed by atoms with Crippen LogP contribution in [-0.4, -0.2) is 22.4 Å². The third kappa shape index (κ3) is 3.67. The molecule has 1 unspecified atom stereocenters. The predicted molar refractivity (Wildman–Crippen MR) is 72.5 cm³/mol. The number of rotatable bonds is 4. The number of halogens is 1. The highest BCUT2D eigenvalue weighted by Crippen LogP contribution is 2.28. The van der Waals surface area contributed by atoms with Crippen molar-refractivity contribution in [2.75, 3.05) is 6.54 Å². The van der Waals surface area contributed by atoms with Crippen molar-refractivity contribution in [2.45, 2.75) is 50.7 Å². The molecule has 0 aliphatic heterocycles. The minimum absolute atomic E-state index is 0.0700. The van der Waals surface area contributed by atoms with Crippen LogP contribution in [-0.2, 0) is 0 Å². The molecule has 19 heavy (non-hydrogen) atoms. The van der Waals surface area contributed by atoms with Crippen LogP contribution in [0.5, 0.6) is 5.75 Å². The van der Waals surface area contributed by atoms with Gasteiger partial charge in [0, 0.05) is 24.2 Å². The van der Waals surface area contributed by atoms with Gasteiger partial charge in [0.2, 0.25) is 0 Å². The number of nitrogens with one attached hydrogen (secondary N) is 1. The summed E-state index contributed by atoms with van der Waals surface area (Å²) >= 11 is 0. The van der Waals surface area contributed by atoms with E-state index < -0.39 is 11.4 Å². The fourth-order valence-electron chi connectivity index (χ4n) is 2.71. The van der Waals surface area contributed by atoms with E-state index >= 15 is 0 Å². The van der Waals surface area contributed by atoms with E-state index in [2.05, 4.69) is 5.32 Å². The lowest BCUT2D eigenvalue weighted by atomic mass is 9.84. The monoisotopic (exact) mass is 267 g/mol. The molecule has 3 nitrogen and oxygen atoms in total. The van der Waals surface area contributed by atoms with Crippen molar-refractivity contribution in [1.29, 1.82) is 0 Å². The molecule has 0 spiro atoms. The summed E-state index contributed by atoms with van der Waals surface area (Å²) in [5.41, 5.74) is -0.142. The van der Waals surface area contributed by atoms with Gasteiger partial charge in [-0.15, -0.1) is 0 Å². The van der Waals surface area contributed by atoms with E-state index in [0.29, 0.717) is 12.1 Å². The quantitative estimate of drug-likeness (QED) is 0.786. The van der Waals surface area contributed by atoms with Gasteiger partial charge >= 0.3 is 0 Å². The molecule has 1 aromatic rings. The van der Waals surface area contributed by atoms with Gasteiger partial charge in [-0.25, -0.2) is 4.39 Å². The topological polar surface area (TPSA) is 52.5 Å². The van der Waals surface area contributed by atoms with Gasteiger partial charge in [0.25, 0.3) is 0 Å². The normalized spacial score (nSPS) is 20.2. The van der Waals surface area contributed by atoms with Crippen LogP contribution >= 0.6 is 0 Å². The molecule has 0 saturated heterocycles. The summed E-state index contributed by atoms with van der Waals surface area (Å²) in [5.74, 6) is -0.491. The van der Waals surface area contributed by atoms with Crippen LogP contribution < -0.4 is 5.32 Å². The van der Waals surface area contributed by atoms with Gasteiger partial charge in [0.05, 0.1) is 5.60 Å². The lowest BCUT2D eigenvalue weighted by Crippen LogP contribution is -2.43. The van der Waals surface area contributed by atoms with Gasteiger partial charge < -0.3 is 15.5 Å². The van der Waals surface area contributed by atoms with Crippen molar-refractivity contribution < 1.29 is 14.6 Å². The molecule has 2 rings (SSSR count). The molecular weight excluding hydrogens is 245 g/mol. The minimum Gasteiger partial charge on any atom is -0.508 e. The van der Waals surface area contributed by atoms with E-state index in [0.717, 1.165) is 31.7 Å². The van der Waals surface area contributed by atoms with Crippen LogP contribution in [0.15, 0.2) is 18.2 Å². The minimum atomic E-state index is -0.653. The van der Waals surface area contributed by atoms with Gasteiger partial charge in [-0.3, -0.25) is 0 Å². The Kier molecular flexibility index (Phi) is 4.42. The van der Waals surface area contributed by atoms with Crippen molar-refractivity contribution in [2.24, 2.45) is 0 Å². The average Bonchev–Trinajstić information content (AvgIpc) is 2.37. The largest absolute Gasteiger partial charge is 0.508 e. The van der Waals surface area contributed by atoms with Gasteiger partial charge in [-0.2, -0.15) is 0 Å². The smallest absolute Gasteiger partial charge is 0.131 e. The Morgan fingerprint density at radius 2 is 2.00 bits per heavy atom. The molecular formula is C15H22FNO2. The van der Waals surface area contributed by atoms with Crippen molar-refractivity contribution in [3.05, 3.63) is 29.6 Å². The van der Waals surface area contributed by atoms with Gasteiger partial charge in [0.15, 0.2) is 0 Å². The first kappa shape index (κ1) is 14.3. The summed E-state index contributed by atoms with van der Waals surface area (Å²) in [5, 5.41) is 22.8. The van der Waals surface area contributed by atoms with Crippen LogP contribution in [0.3, 0.4) is 0 Å². The number of hydrogen-bond donors (Lipinski definition) is 3. The number of hydrogen-bond acceptors (Lipinski definition) is 3. The zero-order chi connectivity index (χ0) is 13.9. The molecule has 1 atom stereocenters. The van der Waals surface area contributed by atoms with Crippen molar-refractivity contribution in [1.82, 2.24) is 5.32 Å². The summed E-state index contributed by atoms with van der Waals surface area (Å²) in [4.78, 5) is 0. The van der Waals surface area contributed by atoms with E-state index in [9.17, 15) is 14.6 Å². The van der Waals surface area contributed by atoms with Crippen LogP contribution in [0.1, 0.15) is 50.6 Å². The van der Waals surface area contributed by atoms with Crippen LogP contribution in [0.25, 0.3) is 0 Å². The Hall–Kier alpha value is -1.13. The van der Waals surface area contributed by atoms with Crippen molar-refractivity contribution >= 4 is 0 Å². The van der Waals surface area contributed by atoms with Crippen LogP contribution in [0.2, 0.25) is 0 Å². The summed E-state index contributed by atoms with van der Waals surface area (Å²) in [6.07, 6.45) is 4.92. The third-order valence-corrected chi connectivity index (χ3v) is 3.97. The second-order valence-corrected chi connectivity index (χ2v) is 5.59. The first-order valence-corrected chi connectivity index (χ1v) is 6.94. The Balaban J connectivity index is 1.95. The first-order chi connectivity index (χ1) is 9.00. The highest BCUT2D eigenvalue weighted by Gasteiger charge is 2.29. The summed E-state index contributed by atoms with van der Waals surface area (Å²) < 4.78 is 13.7. The summed E-state index contributed by atoms with van der Waals surface area (Å²) in [6.45, 7) is 2.34. The summed E-state index contributed by atoms with van der Waals surface area (Å²) in [6, 6.07) is 3.98. The molecule has 1 aliphatic carbocycles. The zero-order valence-electron chi connectivity index (χ0n) is 11.3. The molecule has 1 saturated carbocycles. The van der Waals surface area contributed by atoms with E-state index in [1.54, 1.807) is 6.07 Å². The molecule has 1 fully saturated rings. The molecule has 0 aromatic heterocycles. The number of phenols is 1. The standard InChI is InChI=1S/C15H22FNO2/c1-11(13-6-5-12(18)9-14(13)16)17-10-15(19)7-3-2-4-8-15/h5-6,9,11,17-19H,2-4,7-8,10H2,1H3. The van der Waals surface area contributed by atoms with Crippen molar-refractivity contribution in [3.63, 3.8) is 0 Å². The second kappa shape index (κ2) is 5.88. The van der Waals surface area contributed by atoms with Gasteiger partial charge in [-0.05, 0) is 25.8 Å². The fourth-order valence-corrected chi connectivity index (χ4v) is 2.71. The van der Waals surface area contributed by atoms with Crippen LogP contribution in [0.4, 0.5) is 4.39 Å². The fraction of sp³-hybridized carbons (Fsp3) is 0.600. The number of phenolic OH excluding ortho intramolecular Hbond substituents is 1. The first-order valence-electron chi connectivity index (χ1n) is 6.94. The SMILES string of the molecule is CC(NCC1(O)CCCCC1)c1ccc(O)cc1F. The lowest BCUT2D eigenvalue weighted by molar-refractivity contribution is 0.00292. The maximum Gasteiger partial charge on any atom is 0.131 e. The Labute approximate surface area is 113 Å². The molecule has 4 heteroatoms. The number of benzene rings is 1. The predicted octanol–water partition coefficient (Wildman–Crippen LogP) is 2.88. The van der Waals surface area contributed by atoms with Crippen LogP contribution in [0, 0.1) is 5.82 Å². The average molecular weight is 267 g/mol. The third-order valence-electron chi connectivity index (χ3n) is 3.97. The zero-order valence-corrected chi connectivity index (χ0v) is 11.3. The number of aromatic hydroxyl groups is 1. The highest BCUT2D eigenvalue weighted by atomic mass is 19.1. The Bertz CT molecular complexity index is 430. The molecule has 0 amide bonds. The van der Waals surface area contributed by atoms with E-state index in [4.69, 9.17) is 0 Å². The second-order valence-electron chi connectivity index (χ2n) is 5.59. The lowest BCUT2D eigenvalue weighted by Gasteiger charge is -2.33. The molecule has 0 heterocycles. The molecule has 0 radical (unpaired) electrons. The van der Waals surface area contributed by atoms with E-state index in [-0.39, 0.29) is 11.8 Å². The van der Waals surface area contributed by atoms with Crippen molar-refractivity contribution in [3.8, 4) is 5.75 Å². The maximum absolute atomic E-state index is 13.7.